The van der Waals surface area contributed by atoms with Gasteiger partial charge in [-0.3, -0.25) is 4.79 Å². The van der Waals surface area contributed by atoms with E-state index in [2.05, 4.69) is 19.0 Å². The number of aryl methyl sites for hydroxylation is 1. The molecule has 0 N–H and O–H groups in total. The lowest BCUT2D eigenvalue weighted by Gasteiger charge is -2.23. The first-order valence-electron chi connectivity index (χ1n) is 7.61. The van der Waals surface area contributed by atoms with Crippen molar-refractivity contribution < 1.29 is 13.9 Å². The first-order chi connectivity index (χ1) is 10.0. The van der Waals surface area contributed by atoms with Crippen LogP contribution in [0.4, 0.5) is 0 Å². The van der Waals surface area contributed by atoms with Crippen LogP contribution in [0.5, 0.6) is 0 Å². The fourth-order valence-corrected chi connectivity index (χ4v) is 2.84. The van der Waals surface area contributed by atoms with E-state index in [9.17, 15) is 4.79 Å². The Morgan fingerprint density at radius 2 is 2.19 bits per heavy atom. The fourth-order valence-electron chi connectivity index (χ4n) is 2.84. The van der Waals surface area contributed by atoms with Crippen LogP contribution < -0.4 is 0 Å². The van der Waals surface area contributed by atoms with Crippen molar-refractivity contribution >= 4 is 5.91 Å². The summed E-state index contributed by atoms with van der Waals surface area (Å²) in [5, 5.41) is 0. The molecule has 5 nitrogen and oxygen atoms in total. The van der Waals surface area contributed by atoms with Crippen molar-refractivity contribution in [3.63, 3.8) is 0 Å². The number of likely N-dealkylation sites (tertiary alicyclic amines) is 1. The number of hydrogen-bond donors (Lipinski definition) is 0. The Morgan fingerprint density at radius 3 is 2.76 bits per heavy atom. The number of ether oxygens (including phenoxy) is 1. The van der Waals surface area contributed by atoms with Gasteiger partial charge >= 0.3 is 0 Å². The van der Waals surface area contributed by atoms with Crippen LogP contribution in [0.15, 0.2) is 16.5 Å². The van der Waals surface area contributed by atoms with Gasteiger partial charge < -0.3 is 19.0 Å². The predicted molar refractivity (Wildman–Crippen MR) is 81.4 cm³/mol. The molecule has 0 radical (unpaired) electrons. The predicted octanol–water partition coefficient (Wildman–Crippen LogP) is 1.87. The van der Waals surface area contributed by atoms with E-state index in [1.807, 2.05) is 30.9 Å². The molecule has 0 bridgehead atoms. The summed E-state index contributed by atoms with van der Waals surface area (Å²) < 4.78 is 11.1. The first kappa shape index (κ1) is 16.0. The maximum Gasteiger partial charge on any atom is 0.248 e. The summed E-state index contributed by atoms with van der Waals surface area (Å²) in [4.78, 5) is 16.3. The lowest BCUT2D eigenvalue weighted by Crippen LogP contribution is -2.37. The van der Waals surface area contributed by atoms with Crippen molar-refractivity contribution in [2.75, 3.05) is 40.4 Å². The maximum atomic E-state index is 12.2. The molecule has 2 rings (SSSR count). The highest BCUT2D eigenvalue weighted by Gasteiger charge is 2.38. The fraction of sp³-hybridized carbons (Fsp3) is 0.688. The van der Waals surface area contributed by atoms with Gasteiger partial charge in [0.25, 0.3) is 0 Å². The molecular formula is C16H26N2O3. The molecule has 1 aliphatic rings. The van der Waals surface area contributed by atoms with E-state index in [0.717, 1.165) is 24.5 Å². The Bertz CT molecular complexity index is 470. The lowest BCUT2D eigenvalue weighted by atomic mass is 10.0. The van der Waals surface area contributed by atoms with Gasteiger partial charge in [0.2, 0.25) is 5.91 Å². The summed E-state index contributed by atoms with van der Waals surface area (Å²) in [6, 6.07) is 4.29. The number of carbonyl (C=O) groups is 1. The molecule has 2 atom stereocenters. The highest BCUT2D eigenvalue weighted by atomic mass is 16.5. The molecule has 0 aliphatic carbocycles. The Morgan fingerprint density at radius 1 is 1.43 bits per heavy atom. The molecule has 0 spiro atoms. The second-order valence-corrected chi connectivity index (χ2v) is 5.94. The molecule has 5 heteroatoms. The highest BCUT2D eigenvalue weighted by molar-refractivity contribution is 5.78. The number of likely N-dealkylation sites (N-methyl/N-ethyl adjacent to an activating group) is 1. The van der Waals surface area contributed by atoms with Gasteiger partial charge in [-0.1, -0.05) is 6.92 Å². The van der Waals surface area contributed by atoms with E-state index in [4.69, 9.17) is 9.15 Å². The topological polar surface area (TPSA) is 45.9 Å². The molecule has 21 heavy (non-hydrogen) atoms. The van der Waals surface area contributed by atoms with E-state index in [0.29, 0.717) is 13.2 Å². The number of carbonyl (C=O) groups excluding carboxylic acids is 1. The van der Waals surface area contributed by atoms with Crippen molar-refractivity contribution in [1.29, 1.82) is 0 Å². The minimum atomic E-state index is 0.0704. The van der Waals surface area contributed by atoms with Crippen molar-refractivity contribution in [3.05, 3.63) is 23.7 Å². The molecule has 118 valence electrons. The average Bonchev–Trinajstić information content (AvgIpc) is 3.04. The molecule has 1 saturated heterocycles. The molecule has 0 aromatic carbocycles. The van der Waals surface area contributed by atoms with Gasteiger partial charge in [0.05, 0.1) is 5.92 Å². The van der Waals surface area contributed by atoms with E-state index in [1.165, 1.54) is 0 Å². The van der Waals surface area contributed by atoms with Crippen LogP contribution in [0.3, 0.4) is 0 Å². The van der Waals surface area contributed by atoms with Gasteiger partial charge in [0, 0.05) is 25.7 Å². The lowest BCUT2D eigenvalue weighted by molar-refractivity contribution is -0.135. The van der Waals surface area contributed by atoms with Crippen LogP contribution >= 0.6 is 0 Å². The largest absolute Gasteiger partial charge is 0.466 e. The third kappa shape index (κ3) is 3.86. The van der Waals surface area contributed by atoms with Crippen molar-refractivity contribution in [2.45, 2.75) is 32.2 Å². The van der Waals surface area contributed by atoms with Gasteiger partial charge in [0.15, 0.2) is 0 Å². The highest BCUT2D eigenvalue weighted by Crippen LogP contribution is 2.31. The smallest absolute Gasteiger partial charge is 0.248 e. The van der Waals surface area contributed by atoms with Crippen molar-refractivity contribution in [1.82, 2.24) is 9.80 Å². The second kappa shape index (κ2) is 7.09. The third-order valence-corrected chi connectivity index (χ3v) is 4.01. The molecule has 1 aromatic heterocycles. The van der Waals surface area contributed by atoms with Crippen LogP contribution in [-0.4, -0.2) is 62.1 Å². The Hall–Kier alpha value is -1.33. The van der Waals surface area contributed by atoms with E-state index >= 15 is 0 Å². The number of amides is 1. The van der Waals surface area contributed by atoms with E-state index in [-0.39, 0.29) is 24.5 Å². The zero-order valence-electron chi connectivity index (χ0n) is 13.5. The Kier molecular flexibility index (Phi) is 5.42. The van der Waals surface area contributed by atoms with Crippen molar-refractivity contribution in [2.24, 2.45) is 0 Å². The molecule has 0 unspecified atom stereocenters. The molecule has 0 saturated carbocycles. The van der Waals surface area contributed by atoms with Gasteiger partial charge in [0.1, 0.15) is 18.1 Å². The van der Waals surface area contributed by atoms with E-state index in [1.54, 1.807) is 0 Å². The molecule has 1 amide bonds. The summed E-state index contributed by atoms with van der Waals surface area (Å²) in [6.45, 7) is 6.23. The minimum absolute atomic E-state index is 0.0704. The summed E-state index contributed by atoms with van der Waals surface area (Å²) in [5.74, 6) is 2.18. The van der Waals surface area contributed by atoms with E-state index < -0.39 is 0 Å². The average molecular weight is 294 g/mol. The van der Waals surface area contributed by atoms with Gasteiger partial charge in [-0.15, -0.1) is 0 Å². The van der Waals surface area contributed by atoms with Gasteiger partial charge in [-0.2, -0.15) is 0 Å². The first-order valence-corrected chi connectivity index (χ1v) is 7.61. The minimum Gasteiger partial charge on any atom is -0.466 e. The Labute approximate surface area is 126 Å². The van der Waals surface area contributed by atoms with Crippen LogP contribution in [0.2, 0.25) is 0 Å². The van der Waals surface area contributed by atoms with Gasteiger partial charge in [-0.25, -0.2) is 0 Å². The zero-order chi connectivity index (χ0) is 15.4. The molecule has 1 aromatic rings. The summed E-state index contributed by atoms with van der Waals surface area (Å²) in [5.41, 5.74) is 0. The number of rotatable bonds is 6. The zero-order valence-corrected chi connectivity index (χ0v) is 13.5. The molecule has 1 aliphatic heterocycles. The van der Waals surface area contributed by atoms with Crippen LogP contribution in [-0.2, 0) is 9.53 Å². The van der Waals surface area contributed by atoms with Crippen LogP contribution in [0.1, 0.15) is 30.8 Å². The van der Waals surface area contributed by atoms with Crippen LogP contribution in [0, 0.1) is 6.92 Å². The monoisotopic (exact) mass is 294 g/mol. The summed E-state index contributed by atoms with van der Waals surface area (Å²) in [6.07, 6.45) is 0.932. The molecular weight excluding hydrogens is 268 g/mol. The van der Waals surface area contributed by atoms with Crippen molar-refractivity contribution in [3.8, 4) is 0 Å². The Balaban J connectivity index is 2.03. The SMILES string of the molecule is CCCOCC(=O)N1C[C@@H](N(C)C)[C@H](c2ccc(C)o2)C1. The molecule has 2 heterocycles. The quantitative estimate of drug-likeness (QED) is 0.752. The molecule has 1 fully saturated rings. The number of furan rings is 1. The van der Waals surface area contributed by atoms with Gasteiger partial charge in [-0.05, 0) is 39.6 Å². The second-order valence-electron chi connectivity index (χ2n) is 5.94. The summed E-state index contributed by atoms with van der Waals surface area (Å²) in [7, 11) is 4.10. The summed E-state index contributed by atoms with van der Waals surface area (Å²) >= 11 is 0. The third-order valence-electron chi connectivity index (χ3n) is 4.01. The maximum absolute atomic E-state index is 12.2. The standard InChI is InChI=1S/C16H26N2O3/c1-5-8-20-11-16(19)18-9-13(14(10-18)17(3)4)15-7-6-12(2)21-15/h6-7,13-14H,5,8-11H2,1-4H3/t13-,14-/m1/s1. The van der Waals surface area contributed by atoms with Crippen LogP contribution in [0.25, 0.3) is 0 Å². The normalized spacial score (nSPS) is 22.2. The number of nitrogens with zero attached hydrogens (tertiary/aromatic N) is 2. The number of hydrogen-bond acceptors (Lipinski definition) is 4.